The van der Waals surface area contributed by atoms with Gasteiger partial charge in [-0.25, -0.2) is 5.43 Å². The number of rotatable bonds is 6. The highest BCUT2D eigenvalue weighted by atomic mass is 16.5. The lowest BCUT2D eigenvalue weighted by Gasteiger charge is -2.08. The standard InChI is InChI=1S/C22H19N3O3/c26-21(22(27)25-23-15-17-7-3-1-4-8-17)24-19-11-13-20(14-12-19)28-16-18-9-5-2-6-10-18/h1-15H,16H2,(H,24,26)(H,25,27)/b23-15-. The number of hydrogen-bond acceptors (Lipinski definition) is 4. The predicted molar refractivity (Wildman–Crippen MR) is 108 cm³/mol. The van der Waals surface area contributed by atoms with Crippen molar-refractivity contribution in [1.82, 2.24) is 5.43 Å². The Kier molecular flexibility index (Phi) is 6.52. The normalized spacial score (nSPS) is 10.4. The molecule has 0 aliphatic carbocycles. The van der Waals surface area contributed by atoms with Gasteiger partial charge >= 0.3 is 11.8 Å². The number of amides is 2. The van der Waals surface area contributed by atoms with Gasteiger partial charge in [-0.15, -0.1) is 0 Å². The van der Waals surface area contributed by atoms with Crippen molar-refractivity contribution in [2.45, 2.75) is 6.61 Å². The average molecular weight is 373 g/mol. The van der Waals surface area contributed by atoms with Crippen molar-refractivity contribution >= 4 is 23.7 Å². The third-order valence-corrected chi connectivity index (χ3v) is 3.75. The van der Waals surface area contributed by atoms with Crippen molar-refractivity contribution in [2.24, 2.45) is 5.10 Å². The molecule has 3 rings (SSSR count). The van der Waals surface area contributed by atoms with Crippen LogP contribution in [-0.4, -0.2) is 18.0 Å². The summed E-state index contributed by atoms with van der Waals surface area (Å²) in [4.78, 5) is 23.7. The lowest BCUT2D eigenvalue weighted by Crippen LogP contribution is -2.32. The number of anilines is 1. The second kappa shape index (κ2) is 9.68. The van der Waals surface area contributed by atoms with Gasteiger partial charge in [0.2, 0.25) is 0 Å². The molecule has 0 saturated carbocycles. The van der Waals surface area contributed by atoms with Crippen molar-refractivity contribution in [3.05, 3.63) is 96.1 Å². The first-order valence-electron chi connectivity index (χ1n) is 8.67. The zero-order valence-electron chi connectivity index (χ0n) is 15.0. The molecule has 0 unspecified atom stereocenters. The van der Waals surface area contributed by atoms with E-state index in [9.17, 15) is 9.59 Å². The summed E-state index contributed by atoms with van der Waals surface area (Å²) in [5.41, 5.74) is 4.56. The van der Waals surface area contributed by atoms with Crippen LogP contribution in [0.25, 0.3) is 0 Å². The Balaban J connectivity index is 1.47. The lowest BCUT2D eigenvalue weighted by molar-refractivity contribution is -0.136. The largest absolute Gasteiger partial charge is 0.489 e. The van der Waals surface area contributed by atoms with Crippen LogP contribution in [-0.2, 0) is 16.2 Å². The maximum atomic E-state index is 11.9. The van der Waals surface area contributed by atoms with Crippen LogP contribution < -0.4 is 15.5 Å². The molecule has 0 atom stereocenters. The fraction of sp³-hybridized carbons (Fsp3) is 0.0455. The van der Waals surface area contributed by atoms with Crippen molar-refractivity contribution in [2.75, 3.05) is 5.32 Å². The van der Waals surface area contributed by atoms with Crippen LogP contribution in [0.1, 0.15) is 11.1 Å². The first kappa shape index (κ1) is 18.8. The van der Waals surface area contributed by atoms with Gasteiger partial charge in [0.15, 0.2) is 0 Å². The van der Waals surface area contributed by atoms with Crippen LogP contribution in [0.3, 0.4) is 0 Å². The highest BCUT2D eigenvalue weighted by Gasteiger charge is 2.12. The number of benzene rings is 3. The molecular formula is C22H19N3O3. The molecule has 2 N–H and O–H groups in total. The minimum Gasteiger partial charge on any atom is -0.489 e. The summed E-state index contributed by atoms with van der Waals surface area (Å²) in [6.45, 7) is 0.453. The van der Waals surface area contributed by atoms with Gasteiger partial charge in [0.25, 0.3) is 0 Å². The average Bonchev–Trinajstić information content (AvgIpc) is 2.74. The summed E-state index contributed by atoms with van der Waals surface area (Å²) in [6, 6.07) is 25.8. The van der Waals surface area contributed by atoms with E-state index in [2.05, 4.69) is 15.8 Å². The molecule has 0 heterocycles. The molecule has 0 bridgehead atoms. The minimum absolute atomic E-state index is 0.453. The Morgan fingerprint density at radius 1 is 0.821 bits per heavy atom. The van der Waals surface area contributed by atoms with Crippen molar-refractivity contribution in [3.8, 4) is 5.75 Å². The molecule has 3 aromatic carbocycles. The minimum atomic E-state index is -0.850. The van der Waals surface area contributed by atoms with E-state index >= 15 is 0 Å². The Hall–Kier alpha value is -3.93. The molecule has 28 heavy (non-hydrogen) atoms. The van der Waals surface area contributed by atoms with Gasteiger partial charge in [0, 0.05) is 5.69 Å². The molecule has 6 nitrogen and oxygen atoms in total. The number of carbonyl (C=O) groups is 2. The molecule has 0 spiro atoms. The highest BCUT2D eigenvalue weighted by Crippen LogP contribution is 2.17. The molecule has 0 aliphatic heterocycles. The van der Waals surface area contributed by atoms with Crippen molar-refractivity contribution < 1.29 is 14.3 Å². The zero-order valence-corrected chi connectivity index (χ0v) is 15.0. The predicted octanol–water partition coefficient (Wildman–Crippen LogP) is 3.35. The van der Waals surface area contributed by atoms with E-state index in [0.29, 0.717) is 18.0 Å². The van der Waals surface area contributed by atoms with Crippen LogP contribution >= 0.6 is 0 Å². The van der Waals surface area contributed by atoms with Gasteiger partial charge in [0.05, 0.1) is 6.21 Å². The number of carbonyl (C=O) groups excluding carboxylic acids is 2. The topological polar surface area (TPSA) is 79.8 Å². The molecule has 6 heteroatoms. The molecule has 0 aromatic heterocycles. The van der Waals surface area contributed by atoms with Gasteiger partial charge < -0.3 is 10.1 Å². The third kappa shape index (κ3) is 5.81. The molecular weight excluding hydrogens is 354 g/mol. The van der Waals surface area contributed by atoms with E-state index in [1.54, 1.807) is 24.3 Å². The quantitative estimate of drug-likeness (QED) is 0.395. The lowest BCUT2D eigenvalue weighted by atomic mass is 10.2. The summed E-state index contributed by atoms with van der Waals surface area (Å²) in [7, 11) is 0. The first-order chi connectivity index (χ1) is 13.7. The summed E-state index contributed by atoms with van der Waals surface area (Å²) in [5, 5.41) is 6.28. The molecule has 140 valence electrons. The Morgan fingerprint density at radius 3 is 2.14 bits per heavy atom. The van der Waals surface area contributed by atoms with Gasteiger partial charge in [0.1, 0.15) is 12.4 Å². The van der Waals surface area contributed by atoms with E-state index in [0.717, 1.165) is 11.1 Å². The second-order valence-corrected chi connectivity index (χ2v) is 5.86. The van der Waals surface area contributed by atoms with Gasteiger partial charge in [-0.05, 0) is 35.4 Å². The SMILES string of the molecule is O=C(N/N=C\c1ccccc1)C(=O)Nc1ccc(OCc2ccccc2)cc1. The fourth-order valence-corrected chi connectivity index (χ4v) is 2.32. The summed E-state index contributed by atoms with van der Waals surface area (Å²) in [6.07, 6.45) is 1.46. The van der Waals surface area contributed by atoms with Crippen molar-refractivity contribution in [3.63, 3.8) is 0 Å². The van der Waals surface area contributed by atoms with Gasteiger partial charge in [-0.3, -0.25) is 9.59 Å². The van der Waals surface area contributed by atoms with E-state index < -0.39 is 11.8 Å². The van der Waals surface area contributed by atoms with Crippen LogP contribution in [0.2, 0.25) is 0 Å². The Morgan fingerprint density at radius 2 is 1.46 bits per heavy atom. The molecule has 0 saturated heterocycles. The van der Waals surface area contributed by atoms with Crippen LogP contribution in [0.15, 0.2) is 90.0 Å². The summed E-state index contributed by atoms with van der Waals surface area (Å²) < 4.78 is 5.68. The summed E-state index contributed by atoms with van der Waals surface area (Å²) >= 11 is 0. The monoisotopic (exact) mass is 373 g/mol. The first-order valence-corrected chi connectivity index (χ1v) is 8.67. The van der Waals surface area contributed by atoms with Crippen LogP contribution in [0, 0.1) is 0 Å². The number of hydrogen-bond donors (Lipinski definition) is 2. The van der Waals surface area contributed by atoms with Crippen LogP contribution in [0.4, 0.5) is 5.69 Å². The zero-order chi connectivity index (χ0) is 19.6. The van der Waals surface area contributed by atoms with E-state index in [-0.39, 0.29) is 0 Å². The number of hydrazone groups is 1. The number of nitrogens with zero attached hydrogens (tertiary/aromatic N) is 1. The Bertz CT molecular complexity index is 940. The molecule has 3 aromatic rings. The third-order valence-electron chi connectivity index (χ3n) is 3.75. The number of ether oxygens (including phenoxy) is 1. The molecule has 0 fully saturated rings. The van der Waals surface area contributed by atoms with E-state index in [1.807, 2.05) is 60.7 Å². The maximum Gasteiger partial charge on any atom is 0.329 e. The Labute approximate surface area is 162 Å². The maximum absolute atomic E-state index is 11.9. The smallest absolute Gasteiger partial charge is 0.329 e. The van der Waals surface area contributed by atoms with E-state index in [4.69, 9.17) is 4.74 Å². The number of nitrogens with one attached hydrogen (secondary N) is 2. The molecule has 0 aliphatic rings. The van der Waals surface area contributed by atoms with E-state index in [1.165, 1.54) is 6.21 Å². The fourth-order valence-electron chi connectivity index (χ4n) is 2.32. The second-order valence-electron chi connectivity index (χ2n) is 5.86. The highest BCUT2D eigenvalue weighted by molar-refractivity contribution is 6.39. The van der Waals surface area contributed by atoms with Gasteiger partial charge in [-0.2, -0.15) is 5.10 Å². The molecule has 0 radical (unpaired) electrons. The van der Waals surface area contributed by atoms with Gasteiger partial charge in [-0.1, -0.05) is 60.7 Å². The van der Waals surface area contributed by atoms with Crippen molar-refractivity contribution in [1.29, 1.82) is 0 Å². The molecule has 2 amide bonds. The summed E-state index contributed by atoms with van der Waals surface area (Å²) in [5.74, 6) is -0.987. The van der Waals surface area contributed by atoms with Crippen LogP contribution in [0.5, 0.6) is 5.75 Å².